The van der Waals surface area contributed by atoms with Gasteiger partial charge in [-0.25, -0.2) is 0 Å². The number of aromatic nitrogens is 2. The SMILES string of the molecule is Cc1ccc(-c2ccn(C)n2)cc1C. The molecule has 0 radical (unpaired) electrons. The summed E-state index contributed by atoms with van der Waals surface area (Å²) >= 11 is 0. The fourth-order valence-corrected chi connectivity index (χ4v) is 1.47. The first-order valence-electron chi connectivity index (χ1n) is 4.74. The van der Waals surface area contributed by atoms with E-state index in [9.17, 15) is 0 Å². The quantitative estimate of drug-likeness (QED) is 0.669. The maximum absolute atomic E-state index is 4.37. The monoisotopic (exact) mass is 186 g/mol. The summed E-state index contributed by atoms with van der Waals surface area (Å²) in [5.41, 5.74) is 4.86. The molecule has 72 valence electrons. The molecule has 1 heterocycles. The van der Waals surface area contributed by atoms with Gasteiger partial charge >= 0.3 is 0 Å². The van der Waals surface area contributed by atoms with Crippen LogP contribution in [0.5, 0.6) is 0 Å². The zero-order valence-corrected chi connectivity index (χ0v) is 8.78. The third kappa shape index (κ3) is 1.55. The van der Waals surface area contributed by atoms with Gasteiger partial charge in [-0.05, 0) is 37.1 Å². The van der Waals surface area contributed by atoms with Crippen molar-refractivity contribution in [1.82, 2.24) is 9.78 Å². The van der Waals surface area contributed by atoms with Crippen LogP contribution in [0.15, 0.2) is 30.5 Å². The predicted molar refractivity (Wildman–Crippen MR) is 58.1 cm³/mol. The van der Waals surface area contributed by atoms with Gasteiger partial charge in [0, 0.05) is 18.8 Å². The molecule has 0 saturated heterocycles. The predicted octanol–water partition coefficient (Wildman–Crippen LogP) is 2.70. The first-order chi connectivity index (χ1) is 6.66. The molecular formula is C12H14N2. The number of hydrogen-bond acceptors (Lipinski definition) is 1. The summed E-state index contributed by atoms with van der Waals surface area (Å²) in [6, 6.07) is 8.46. The second-order valence-corrected chi connectivity index (χ2v) is 3.67. The van der Waals surface area contributed by atoms with Crippen molar-refractivity contribution in [1.29, 1.82) is 0 Å². The molecule has 2 heteroatoms. The number of rotatable bonds is 1. The Morgan fingerprint density at radius 2 is 1.86 bits per heavy atom. The van der Waals surface area contributed by atoms with Gasteiger partial charge in [0.1, 0.15) is 0 Å². The van der Waals surface area contributed by atoms with Crippen molar-refractivity contribution in [2.75, 3.05) is 0 Å². The van der Waals surface area contributed by atoms with Crippen LogP contribution in [0.1, 0.15) is 11.1 Å². The van der Waals surface area contributed by atoms with E-state index >= 15 is 0 Å². The minimum atomic E-state index is 1.04. The van der Waals surface area contributed by atoms with Crippen LogP contribution in [0, 0.1) is 13.8 Å². The van der Waals surface area contributed by atoms with E-state index in [0.29, 0.717) is 0 Å². The summed E-state index contributed by atoms with van der Waals surface area (Å²) in [4.78, 5) is 0. The normalized spacial score (nSPS) is 10.5. The van der Waals surface area contributed by atoms with Crippen LogP contribution in [0.4, 0.5) is 0 Å². The summed E-state index contributed by atoms with van der Waals surface area (Å²) in [6.07, 6.45) is 1.96. The fourth-order valence-electron chi connectivity index (χ4n) is 1.47. The number of hydrogen-bond donors (Lipinski definition) is 0. The molecule has 0 spiro atoms. The van der Waals surface area contributed by atoms with Crippen LogP contribution < -0.4 is 0 Å². The van der Waals surface area contributed by atoms with Gasteiger partial charge in [0.15, 0.2) is 0 Å². The van der Waals surface area contributed by atoms with Crippen molar-refractivity contribution in [2.45, 2.75) is 13.8 Å². The van der Waals surface area contributed by atoms with E-state index in [4.69, 9.17) is 0 Å². The molecule has 0 amide bonds. The molecule has 1 aromatic carbocycles. The van der Waals surface area contributed by atoms with Gasteiger partial charge in [-0.15, -0.1) is 0 Å². The zero-order chi connectivity index (χ0) is 10.1. The van der Waals surface area contributed by atoms with E-state index in [1.807, 2.05) is 24.0 Å². The maximum Gasteiger partial charge on any atom is 0.0923 e. The van der Waals surface area contributed by atoms with Crippen LogP contribution in [0.2, 0.25) is 0 Å². The molecule has 0 fully saturated rings. The highest BCUT2D eigenvalue weighted by Gasteiger charge is 2.01. The standard InChI is InChI=1S/C12H14N2/c1-9-4-5-11(8-10(9)2)12-6-7-14(3)13-12/h4-8H,1-3H3. The Morgan fingerprint density at radius 1 is 1.07 bits per heavy atom. The van der Waals surface area contributed by atoms with E-state index in [-0.39, 0.29) is 0 Å². The maximum atomic E-state index is 4.37. The molecule has 2 nitrogen and oxygen atoms in total. The number of benzene rings is 1. The molecule has 0 unspecified atom stereocenters. The Morgan fingerprint density at radius 3 is 2.43 bits per heavy atom. The van der Waals surface area contributed by atoms with Crippen molar-refractivity contribution in [3.63, 3.8) is 0 Å². The Balaban J connectivity index is 2.47. The van der Waals surface area contributed by atoms with E-state index in [1.165, 1.54) is 16.7 Å². The number of nitrogens with zero attached hydrogens (tertiary/aromatic N) is 2. The highest BCUT2D eigenvalue weighted by molar-refractivity contribution is 5.60. The lowest BCUT2D eigenvalue weighted by Crippen LogP contribution is -1.88. The summed E-state index contributed by atoms with van der Waals surface area (Å²) < 4.78 is 1.82. The average Bonchev–Trinajstić information content (AvgIpc) is 2.57. The molecule has 1 aromatic heterocycles. The van der Waals surface area contributed by atoms with Gasteiger partial charge in [0.2, 0.25) is 0 Å². The second-order valence-electron chi connectivity index (χ2n) is 3.67. The Hall–Kier alpha value is -1.57. The lowest BCUT2D eigenvalue weighted by molar-refractivity contribution is 0.771. The van der Waals surface area contributed by atoms with Crippen LogP contribution in [-0.4, -0.2) is 9.78 Å². The molecule has 2 aromatic rings. The molecule has 0 saturated carbocycles. The fraction of sp³-hybridized carbons (Fsp3) is 0.250. The Labute approximate surface area is 84.2 Å². The van der Waals surface area contributed by atoms with E-state index in [1.54, 1.807) is 0 Å². The smallest absolute Gasteiger partial charge is 0.0923 e. The third-order valence-corrected chi connectivity index (χ3v) is 2.52. The molecule has 0 aliphatic heterocycles. The lowest BCUT2D eigenvalue weighted by Gasteiger charge is -2.02. The van der Waals surface area contributed by atoms with Crippen LogP contribution in [-0.2, 0) is 7.05 Å². The van der Waals surface area contributed by atoms with Crippen LogP contribution >= 0.6 is 0 Å². The summed E-state index contributed by atoms with van der Waals surface area (Å²) in [5.74, 6) is 0. The first kappa shape index (κ1) is 9.00. The molecule has 2 rings (SSSR count). The van der Waals surface area contributed by atoms with Crippen molar-refractivity contribution in [3.05, 3.63) is 41.6 Å². The molecule has 0 aliphatic rings. The van der Waals surface area contributed by atoms with Gasteiger partial charge in [0.05, 0.1) is 5.69 Å². The Bertz CT molecular complexity index is 455. The second kappa shape index (κ2) is 3.29. The zero-order valence-electron chi connectivity index (χ0n) is 8.78. The van der Waals surface area contributed by atoms with E-state index in [0.717, 1.165) is 5.69 Å². The van der Waals surface area contributed by atoms with E-state index in [2.05, 4.69) is 37.1 Å². The summed E-state index contributed by atoms with van der Waals surface area (Å²) in [7, 11) is 1.94. The lowest BCUT2D eigenvalue weighted by atomic mass is 10.0. The van der Waals surface area contributed by atoms with Gasteiger partial charge < -0.3 is 0 Å². The van der Waals surface area contributed by atoms with Crippen LogP contribution in [0.25, 0.3) is 11.3 Å². The largest absolute Gasteiger partial charge is 0.275 e. The molecule has 0 aliphatic carbocycles. The van der Waals surface area contributed by atoms with Gasteiger partial charge in [0.25, 0.3) is 0 Å². The Kier molecular flexibility index (Phi) is 2.12. The number of aryl methyl sites for hydroxylation is 3. The first-order valence-corrected chi connectivity index (χ1v) is 4.74. The molecule has 14 heavy (non-hydrogen) atoms. The topological polar surface area (TPSA) is 17.8 Å². The van der Waals surface area contributed by atoms with Crippen molar-refractivity contribution >= 4 is 0 Å². The minimum absolute atomic E-state index is 1.04. The van der Waals surface area contributed by atoms with Gasteiger partial charge in [-0.2, -0.15) is 5.10 Å². The summed E-state index contributed by atoms with van der Waals surface area (Å²) in [5, 5.41) is 4.37. The minimum Gasteiger partial charge on any atom is -0.275 e. The van der Waals surface area contributed by atoms with Crippen molar-refractivity contribution in [2.24, 2.45) is 7.05 Å². The van der Waals surface area contributed by atoms with Gasteiger partial charge in [-0.3, -0.25) is 4.68 Å². The third-order valence-electron chi connectivity index (χ3n) is 2.52. The van der Waals surface area contributed by atoms with Gasteiger partial charge in [-0.1, -0.05) is 12.1 Å². The molecular weight excluding hydrogens is 172 g/mol. The molecule has 0 bridgehead atoms. The average molecular weight is 186 g/mol. The van der Waals surface area contributed by atoms with Crippen molar-refractivity contribution < 1.29 is 0 Å². The van der Waals surface area contributed by atoms with Crippen molar-refractivity contribution in [3.8, 4) is 11.3 Å². The van der Waals surface area contributed by atoms with E-state index < -0.39 is 0 Å². The molecule has 0 N–H and O–H groups in total. The molecule has 0 atom stereocenters. The van der Waals surface area contributed by atoms with Crippen LogP contribution in [0.3, 0.4) is 0 Å². The highest BCUT2D eigenvalue weighted by Crippen LogP contribution is 2.19. The summed E-state index contributed by atoms with van der Waals surface area (Å²) in [6.45, 7) is 4.25. The highest BCUT2D eigenvalue weighted by atomic mass is 15.2.